The Hall–Kier alpha value is -3.49. The highest BCUT2D eigenvalue weighted by Crippen LogP contribution is 2.30. The Labute approximate surface area is 207 Å². The third-order valence-electron chi connectivity index (χ3n) is 5.57. The van der Waals surface area contributed by atoms with Crippen molar-refractivity contribution >= 4 is 39.3 Å². The third-order valence-corrected chi connectivity index (χ3v) is 7.08. The summed E-state index contributed by atoms with van der Waals surface area (Å²) in [6, 6.07) is 20.3. The number of carbonyl (C=O) groups is 1. The number of nitrogens with zero attached hydrogens (tertiary/aromatic N) is 2. The molecular weight excluding hydrogens is 516 g/mol. The van der Waals surface area contributed by atoms with Gasteiger partial charge in [-0.2, -0.15) is 0 Å². The Morgan fingerprint density at radius 1 is 1.12 bits per heavy atom. The number of esters is 1. The van der Waals surface area contributed by atoms with Crippen LogP contribution in [-0.4, -0.2) is 17.6 Å². The summed E-state index contributed by atoms with van der Waals surface area (Å²) in [7, 11) is 1.33. The number of fused-ring (bicyclic) bond motifs is 1. The first-order valence-corrected chi connectivity index (χ1v) is 12.1. The van der Waals surface area contributed by atoms with Gasteiger partial charge in [0.05, 0.1) is 29.0 Å². The molecule has 0 amide bonds. The van der Waals surface area contributed by atoms with Crippen LogP contribution < -0.4 is 14.9 Å². The molecule has 1 atom stereocenters. The maximum Gasteiger partial charge on any atom is 0.338 e. The van der Waals surface area contributed by atoms with Gasteiger partial charge >= 0.3 is 5.97 Å². The molecule has 170 valence electrons. The van der Waals surface area contributed by atoms with Crippen molar-refractivity contribution in [3.8, 4) is 11.3 Å². The number of rotatable bonds is 4. The zero-order chi connectivity index (χ0) is 23.8. The van der Waals surface area contributed by atoms with Gasteiger partial charge in [-0.15, -0.1) is 0 Å². The first kappa shape index (κ1) is 22.3. The molecule has 0 aliphatic carbocycles. The molecule has 0 radical (unpaired) electrons. The van der Waals surface area contributed by atoms with Gasteiger partial charge in [-0.25, -0.2) is 9.79 Å². The highest BCUT2D eigenvalue weighted by molar-refractivity contribution is 9.10. The summed E-state index contributed by atoms with van der Waals surface area (Å²) in [5.41, 5.74) is 2.38. The summed E-state index contributed by atoms with van der Waals surface area (Å²) in [5, 5.41) is 0. The SMILES string of the molecule is COC(=O)C1=C(C)N=c2s/c(=C\c3ccc(-c4ccc(Br)cc4)o3)c(=O)n2[C@@H]1c1ccccc1. The molecule has 6 nitrogen and oxygen atoms in total. The molecule has 0 saturated carbocycles. The van der Waals surface area contributed by atoms with Crippen molar-refractivity contribution in [1.29, 1.82) is 0 Å². The lowest BCUT2D eigenvalue weighted by atomic mass is 9.96. The largest absolute Gasteiger partial charge is 0.466 e. The average molecular weight is 535 g/mol. The van der Waals surface area contributed by atoms with Crippen LogP contribution >= 0.6 is 27.3 Å². The number of methoxy groups -OCH3 is 1. The number of aromatic nitrogens is 1. The molecule has 1 aliphatic rings. The molecule has 0 saturated heterocycles. The molecule has 0 bridgehead atoms. The van der Waals surface area contributed by atoms with E-state index in [2.05, 4.69) is 20.9 Å². The summed E-state index contributed by atoms with van der Waals surface area (Å²) in [4.78, 5) is 31.3. The minimum absolute atomic E-state index is 0.243. The summed E-state index contributed by atoms with van der Waals surface area (Å²) < 4.78 is 14.0. The predicted octanol–water partition coefficient (Wildman–Crippen LogP) is 4.43. The highest BCUT2D eigenvalue weighted by atomic mass is 79.9. The predicted molar refractivity (Wildman–Crippen MR) is 134 cm³/mol. The number of furan rings is 1. The number of carbonyl (C=O) groups excluding carboxylic acids is 1. The number of ether oxygens (including phenoxy) is 1. The molecule has 2 aromatic carbocycles. The van der Waals surface area contributed by atoms with Gasteiger partial charge in [0, 0.05) is 16.1 Å². The molecule has 1 aliphatic heterocycles. The van der Waals surface area contributed by atoms with Gasteiger partial charge in [-0.1, -0.05) is 69.7 Å². The molecule has 8 heteroatoms. The molecule has 2 aromatic heterocycles. The fourth-order valence-electron chi connectivity index (χ4n) is 3.97. The highest BCUT2D eigenvalue weighted by Gasteiger charge is 2.32. The van der Waals surface area contributed by atoms with Gasteiger partial charge in [-0.3, -0.25) is 9.36 Å². The van der Waals surface area contributed by atoms with Crippen molar-refractivity contribution in [3.05, 3.63) is 113 Å². The summed E-state index contributed by atoms with van der Waals surface area (Å²) in [5.74, 6) is 0.760. The summed E-state index contributed by atoms with van der Waals surface area (Å²) in [6.45, 7) is 1.76. The minimum atomic E-state index is -0.623. The smallest absolute Gasteiger partial charge is 0.338 e. The topological polar surface area (TPSA) is 73.8 Å². The molecule has 5 rings (SSSR count). The van der Waals surface area contributed by atoms with Crippen LogP contribution in [0.25, 0.3) is 17.4 Å². The van der Waals surface area contributed by atoms with E-state index in [1.165, 1.54) is 18.4 Å². The molecular formula is C26H19BrN2O4S. The third kappa shape index (κ3) is 3.99. The quantitative estimate of drug-likeness (QED) is 0.363. The van der Waals surface area contributed by atoms with Gasteiger partial charge in [-0.05, 0) is 36.8 Å². The normalized spacial score (nSPS) is 15.7. The van der Waals surface area contributed by atoms with Crippen molar-refractivity contribution in [2.75, 3.05) is 7.11 Å². The maximum absolute atomic E-state index is 13.5. The second kappa shape index (κ2) is 9.04. The van der Waals surface area contributed by atoms with Gasteiger partial charge in [0.25, 0.3) is 5.56 Å². The number of allylic oxidation sites excluding steroid dienone is 1. The molecule has 34 heavy (non-hydrogen) atoms. The summed E-state index contributed by atoms with van der Waals surface area (Å²) >= 11 is 4.70. The van der Waals surface area contributed by atoms with E-state index >= 15 is 0 Å². The summed E-state index contributed by atoms with van der Waals surface area (Å²) in [6.07, 6.45) is 1.71. The van der Waals surface area contributed by atoms with E-state index in [1.54, 1.807) is 17.6 Å². The second-order valence-electron chi connectivity index (χ2n) is 7.69. The lowest BCUT2D eigenvalue weighted by Crippen LogP contribution is -2.39. The van der Waals surface area contributed by atoms with Gasteiger partial charge in [0.15, 0.2) is 4.80 Å². The number of thiazole rings is 1. The molecule has 0 unspecified atom stereocenters. The van der Waals surface area contributed by atoms with Gasteiger partial charge in [0.1, 0.15) is 11.5 Å². The minimum Gasteiger partial charge on any atom is -0.466 e. The molecule has 0 N–H and O–H groups in total. The Morgan fingerprint density at radius 3 is 2.56 bits per heavy atom. The van der Waals surface area contributed by atoms with Crippen LogP contribution in [0.1, 0.15) is 24.3 Å². The van der Waals surface area contributed by atoms with Crippen LogP contribution in [0.3, 0.4) is 0 Å². The van der Waals surface area contributed by atoms with Crippen molar-refractivity contribution in [2.45, 2.75) is 13.0 Å². The van der Waals surface area contributed by atoms with E-state index in [-0.39, 0.29) is 5.56 Å². The zero-order valence-electron chi connectivity index (χ0n) is 18.3. The molecule has 4 aromatic rings. The lowest BCUT2D eigenvalue weighted by molar-refractivity contribution is -0.136. The van der Waals surface area contributed by atoms with Gasteiger partial charge in [0.2, 0.25) is 0 Å². The molecule has 0 fully saturated rings. The molecule has 3 heterocycles. The van der Waals surface area contributed by atoms with E-state index in [9.17, 15) is 9.59 Å². The Kier molecular flexibility index (Phi) is 5.93. The fourth-order valence-corrected chi connectivity index (χ4v) is 5.26. The number of hydrogen-bond donors (Lipinski definition) is 0. The Morgan fingerprint density at radius 2 is 1.85 bits per heavy atom. The first-order valence-electron chi connectivity index (χ1n) is 10.5. The number of halogens is 1. The van der Waals surface area contributed by atoms with Crippen molar-refractivity contribution in [3.63, 3.8) is 0 Å². The number of hydrogen-bond acceptors (Lipinski definition) is 6. The van der Waals surface area contributed by atoms with Gasteiger partial charge < -0.3 is 9.15 Å². The Bertz CT molecular complexity index is 1590. The van der Waals surface area contributed by atoms with Crippen molar-refractivity contribution < 1.29 is 13.9 Å². The van der Waals surface area contributed by atoms with E-state index in [0.717, 1.165) is 15.6 Å². The zero-order valence-corrected chi connectivity index (χ0v) is 20.7. The Balaban J connectivity index is 1.63. The fraction of sp³-hybridized carbons (Fsp3) is 0.115. The van der Waals surface area contributed by atoms with E-state index in [4.69, 9.17) is 9.15 Å². The van der Waals surface area contributed by atoms with Crippen LogP contribution in [0, 0.1) is 0 Å². The van der Waals surface area contributed by atoms with Crippen LogP contribution in [0.4, 0.5) is 0 Å². The van der Waals surface area contributed by atoms with E-state index < -0.39 is 12.0 Å². The van der Waals surface area contributed by atoms with E-state index in [1.807, 2.05) is 66.7 Å². The van der Waals surface area contributed by atoms with Crippen LogP contribution in [0.5, 0.6) is 0 Å². The second-order valence-corrected chi connectivity index (χ2v) is 9.62. The average Bonchev–Trinajstić information content (AvgIpc) is 3.43. The molecule has 0 spiro atoms. The number of benzene rings is 2. The monoisotopic (exact) mass is 534 g/mol. The lowest BCUT2D eigenvalue weighted by Gasteiger charge is -2.24. The van der Waals surface area contributed by atoms with E-state index in [0.29, 0.717) is 32.1 Å². The first-order chi connectivity index (χ1) is 16.5. The van der Waals surface area contributed by atoms with Crippen molar-refractivity contribution in [2.24, 2.45) is 4.99 Å². The maximum atomic E-state index is 13.5. The van der Waals surface area contributed by atoms with Crippen LogP contribution in [0.15, 0.2) is 96.7 Å². The van der Waals surface area contributed by atoms with Crippen molar-refractivity contribution in [1.82, 2.24) is 4.57 Å². The van der Waals surface area contributed by atoms with Crippen LogP contribution in [0.2, 0.25) is 0 Å². The standard InChI is InChI=1S/C26H19BrN2O4S/c1-15-22(25(31)32-2)23(17-6-4-3-5-7-17)29-24(30)21(34-26(29)28-15)14-19-12-13-20(33-19)16-8-10-18(27)11-9-16/h3-14,23H,1-2H3/b21-14-/t23-/m1/s1. The van der Waals surface area contributed by atoms with Crippen LogP contribution in [-0.2, 0) is 9.53 Å².